The van der Waals surface area contributed by atoms with Gasteiger partial charge in [-0.3, -0.25) is 0 Å². The molecule has 0 aromatic heterocycles. The standard InChI is InChI=1S/C56H43B7N/c1-29-21-38(37-13-17-39(18-14-37)56-26-30-22-31(27-56)24-32(23-30)28-56)25-41-53(29)64(40-19-15-36(16-20-40)35-11-9-34(10-12-35)33-7-5-4-6-8-33)54-49(60)45-43(47(58)52(54)63-41)42-44(55(45,2)3)48(59)51(62)50(61)46(42)57/h4-21,25,30-32H,22-24,26-28H2,1-3H3. The first kappa shape index (κ1) is 40.3. The Balaban J connectivity index is 0.993. The third kappa shape index (κ3) is 5.85. The maximum atomic E-state index is 7.55. The van der Waals surface area contributed by atoms with Crippen molar-refractivity contribution < 1.29 is 0 Å². The Hall–Kier alpha value is -5.21. The molecule has 0 spiro atoms. The highest BCUT2D eigenvalue weighted by molar-refractivity contribution is 6.78. The van der Waals surface area contributed by atoms with Crippen molar-refractivity contribution in [2.75, 3.05) is 4.90 Å². The van der Waals surface area contributed by atoms with Crippen LogP contribution in [0.15, 0.2) is 115 Å². The second-order valence-corrected chi connectivity index (χ2v) is 20.3. The highest BCUT2D eigenvalue weighted by atomic mass is 15.2. The van der Waals surface area contributed by atoms with Crippen molar-refractivity contribution in [3.05, 3.63) is 138 Å². The molecule has 4 saturated carbocycles. The second kappa shape index (κ2) is 14.4. The van der Waals surface area contributed by atoms with Crippen LogP contribution in [0.3, 0.4) is 0 Å². The van der Waals surface area contributed by atoms with E-state index >= 15 is 0 Å². The lowest BCUT2D eigenvalue weighted by Gasteiger charge is -2.57. The zero-order chi connectivity index (χ0) is 44.0. The van der Waals surface area contributed by atoms with Crippen LogP contribution in [0.2, 0.25) is 0 Å². The maximum absolute atomic E-state index is 7.55. The quantitative estimate of drug-likeness (QED) is 0.194. The van der Waals surface area contributed by atoms with E-state index in [9.17, 15) is 0 Å². The van der Waals surface area contributed by atoms with Crippen LogP contribution >= 0.6 is 0 Å². The summed E-state index contributed by atoms with van der Waals surface area (Å²) < 4.78 is 0. The first-order valence-corrected chi connectivity index (χ1v) is 23.0. The topological polar surface area (TPSA) is 3.24 Å². The van der Waals surface area contributed by atoms with Gasteiger partial charge in [-0.1, -0.05) is 144 Å². The molecule has 0 saturated heterocycles. The molecular formula is C56H43B7N. The molecule has 293 valence electrons. The molecule has 1 heterocycles. The van der Waals surface area contributed by atoms with E-state index in [2.05, 4.69) is 142 Å². The minimum atomic E-state index is -0.680. The van der Waals surface area contributed by atoms with Crippen molar-refractivity contribution in [3.63, 3.8) is 0 Å². The van der Waals surface area contributed by atoms with E-state index in [-0.39, 0.29) is 10.9 Å². The molecule has 4 fully saturated rings. The van der Waals surface area contributed by atoms with Gasteiger partial charge in [0, 0.05) is 22.5 Å². The van der Waals surface area contributed by atoms with Crippen molar-refractivity contribution in [1.29, 1.82) is 0 Å². The summed E-state index contributed by atoms with van der Waals surface area (Å²) >= 11 is 0. The van der Waals surface area contributed by atoms with Gasteiger partial charge in [0.2, 0.25) is 0 Å². The summed E-state index contributed by atoms with van der Waals surface area (Å²) in [6, 6.07) is 42.2. The predicted molar refractivity (Wildman–Crippen MR) is 277 cm³/mol. The monoisotopic (exact) mass is 806 g/mol. The van der Waals surface area contributed by atoms with Gasteiger partial charge in [-0.2, -0.15) is 0 Å². The fourth-order valence-corrected chi connectivity index (χ4v) is 13.6. The Kier molecular flexibility index (Phi) is 9.07. The maximum Gasteiger partial charge on any atom is 0.196 e. The van der Waals surface area contributed by atoms with Crippen LogP contribution in [0, 0.1) is 24.7 Å². The van der Waals surface area contributed by atoms with Gasteiger partial charge >= 0.3 is 0 Å². The third-order valence-corrected chi connectivity index (χ3v) is 16.1. The molecule has 6 aliphatic rings. The summed E-state index contributed by atoms with van der Waals surface area (Å²) in [6.07, 6.45) is 8.41. The minimum Gasteiger partial charge on any atom is -0.312 e. The van der Waals surface area contributed by atoms with E-state index in [4.69, 9.17) is 47.1 Å². The van der Waals surface area contributed by atoms with Gasteiger partial charge in [-0.05, 0) is 154 Å². The number of benzene rings is 7. The van der Waals surface area contributed by atoms with Crippen LogP contribution in [0.1, 0.15) is 74.6 Å². The number of hydrogen-bond acceptors (Lipinski definition) is 1. The Bertz CT molecular complexity index is 3050. The fourth-order valence-electron chi connectivity index (χ4n) is 13.6. The summed E-state index contributed by atoms with van der Waals surface area (Å²) in [5.41, 5.74) is 19.8. The number of rotatable bonds is 5. The zero-order valence-electron chi connectivity index (χ0n) is 36.9. The van der Waals surface area contributed by atoms with Crippen molar-refractivity contribution in [2.24, 2.45) is 17.8 Å². The van der Waals surface area contributed by atoms with Gasteiger partial charge in [-0.15, -0.1) is 10.9 Å². The third-order valence-electron chi connectivity index (χ3n) is 16.1. The largest absolute Gasteiger partial charge is 0.312 e. The van der Waals surface area contributed by atoms with E-state index in [1.807, 2.05) is 6.07 Å². The highest BCUT2D eigenvalue weighted by Gasteiger charge is 2.51. The van der Waals surface area contributed by atoms with Crippen LogP contribution in [0.25, 0.3) is 44.5 Å². The minimum absolute atomic E-state index is 0.260. The van der Waals surface area contributed by atoms with Crippen LogP contribution in [-0.2, 0) is 10.8 Å². The van der Waals surface area contributed by atoms with Crippen LogP contribution in [0.5, 0.6) is 0 Å². The highest BCUT2D eigenvalue weighted by Crippen LogP contribution is 2.61. The normalized spacial score (nSPS) is 21.8. The van der Waals surface area contributed by atoms with E-state index in [0.717, 1.165) is 79.1 Å². The molecule has 0 N–H and O–H groups in total. The van der Waals surface area contributed by atoms with Gasteiger partial charge in [0.25, 0.3) is 0 Å². The summed E-state index contributed by atoms with van der Waals surface area (Å²) in [5, 5.41) is 0. The molecule has 13 radical (unpaired) electrons. The molecule has 0 unspecified atom stereocenters. The Labute approximate surface area is 388 Å². The smallest absolute Gasteiger partial charge is 0.196 e. The lowest BCUT2D eigenvalue weighted by Crippen LogP contribution is -2.52. The molecule has 5 aliphatic carbocycles. The molecule has 8 heteroatoms. The Morgan fingerprint density at radius 2 is 0.984 bits per heavy atom. The van der Waals surface area contributed by atoms with Crippen LogP contribution in [0.4, 0.5) is 17.1 Å². The van der Waals surface area contributed by atoms with Gasteiger partial charge < -0.3 is 4.90 Å². The molecule has 0 amide bonds. The van der Waals surface area contributed by atoms with Crippen LogP contribution in [-0.4, -0.2) is 54.4 Å². The summed E-state index contributed by atoms with van der Waals surface area (Å²) in [6.45, 7) is 6.43. The van der Waals surface area contributed by atoms with Crippen molar-refractivity contribution in [3.8, 4) is 44.5 Å². The SMILES string of the molecule is [B]c1c([B])c([B])c2c(c1[B])-c1c([B])c3c(c([B])c1C2(C)C)N(c1ccc(-c2ccc(-c4ccccc4)cc2)cc1)c1c(C)cc(-c2ccc(C45CC6CC(CC(C6)C4)C5)cc2)cc1[B]3. The van der Waals surface area contributed by atoms with Crippen molar-refractivity contribution >= 4 is 115 Å². The molecule has 7 aromatic rings. The lowest BCUT2D eigenvalue weighted by atomic mass is 9.48. The number of nitrogens with zero attached hydrogens (tertiary/aromatic N) is 1. The van der Waals surface area contributed by atoms with E-state index < -0.39 is 5.41 Å². The van der Waals surface area contributed by atoms with E-state index in [0.29, 0.717) is 32.8 Å². The second-order valence-electron chi connectivity index (χ2n) is 20.3. The van der Waals surface area contributed by atoms with Gasteiger partial charge in [0.1, 0.15) is 47.1 Å². The number of fused-ring (bicyclic) bond motifs is 5. The predicted octanol–water partition coefficient (Wildman–Crippen LogP) is 5.97. The number of anilines is 3. The van der Waals surface area contributed by atoms with Crippen molar-refractivity contribution in [1.82, 2.24) is 0 Å². The molecule has 1 aliphatic heterocycles. The van der Waals surface area contributed by atoms with Gasteiger partial charge in [0.15, 0.2) is 7.28 Å². The number of hydrogen-bond donors (Lipinski definition) is 0. The van der Waals surface area contributed by atoms with E-state index in [1.165, 1.54) is 66.3 Å². The van der Waals surface area contributed by atoms with Gasteiger partial charge in [0.05, 0.1) is 0 Å². The molecule has 13 rings (SSSR count). The average Bonchev–Trinajstić information content (AvgIpc) is 3.56. The first-order valence-electron chi connectivity index (χ1n) is 23.0. The molecule has 0 atom stereocenters. The molecule has 1 nitrogen and oxygen atoms in total. The van der Waals surface area contributed by atoms with Gasteiger partial charge in [-0.25, -0.2) is 0 Å². The summed E-state index contributed by atoms with van der Waals surface area (Å²) in [4.78, 5) is 2.31. The average molecular weight is 806 g/mol. The van der Waals surface area contributed by atoms with Crippen LogP contribution < -0.4 is 48.6 Å². The zero-order valence-corrected chi connectivity index (χ0v) is 36.9. The number of aryl methyl sites for hydroxylation is 1. The fraction of sp³-hybridized carbons (Fsp3) is 0.250. The molecular weight excluding hydrogens is 762 g/mol. The summed E-state index contributed by atoms with van der Waals surface area (Å²) in [5.74, 6) is 2.72. The molecule has 7 aromatic carbocycles. The van der Waals surface area contributed by atoms with E-state index in [1.54, 1.807) is 0 Å². The Morgan fingerprint density at radius 3 is 1.58 bits per heavy atom. The Morgan fingerprint density at radius 1 is 0.500 bits per heavy atom. The molecule has 4 bridgehead atoms. The lowest BCUT2D eigenvalue weighted by molar-refractivity contribution is -0.00518. The molecule has 64 heavy (non-hydrogen) atoms. The summed E-state index contributed by atoms with van der Waals surface area (Å²) in [7, 11) is 43.9. The van der Waals surface area contributed by atoms with Crippen molar-refractivity contribution in [2.45, 2.75) is 70.1 Å². The first-order chi connectivity index (χ1) is 30.8.